The number of aliphatic hydroxyl groups excluding tert-OH is 1. The first-order valence-corrected chi connectivity index (χ1v) is 15.6. The molecule has 3 rings (SSSR count). The molecular formula is C38H46N2O5. The molecule has 0 aliphatic rings. The van der Waals surface area contributed by atoms with Gasteiger partial charge in [0.2, 0.25) is 11.8 Å². The van der Waals surface area contributed by atoms with Gasteiger partial charge in [0.25, 0.3) is 0 Å². The van der Waals surface area contributed by atoms with Gasteiger partial charge < -0.3 is 20.5 Å². The van der Waals surface area contributed by atoms with Crippen LogP contribution in [-0.4, -0.2) is 48.2 Å². The molecule has 0 aromatic heterocycles. The van der Waals surface area contributed by atoms with E-state index in [1.54, 1.807) is 12.2 Å². The maximum absolute atomic E-state index is 13.5. The van der Waals surface area contributed by atoms with E-state index < -0.39 is 18.0 Å². The minimum absolute atomic E-state index is 0.00445. The number of hydrogen-bond donors (Lipinski definition) is 3. The molecule has 3 aromatic rings. The van der Waals surface area contributed by atoms with E-state index in [1.807, 2.05) is 91.0 Å². The third-order valence-corrected chi connectivity index (χ3v) is 7.64. The Hall–Kier alpha value is -4.49. The first-order valence-electron chi connectivity index (χ1n) is 15.6. The Labute approximate surface area is 267 Å². The zero-order valence-corrected chi connectivity index (χ0v) is 26.0. The van der Waals surface area contributed by atoms with Crippen molar-refractivity contribution in [2.45, 2.75) is 57.0 Å². The number of nitrogens with one attached hydrogen (secondary N) is 2. The van der Waals surface area contributed by atoms with Crippen LogP contribution in [0, 0.1) is 11.8 Å². The third-order valence-electron chi connectivity index (χ3n) is 7.64. The minimum atomic E-state index is -0.675. The molecule has 7 heteroatoms. The van der Waals surface area contributed by atoms with Crippen molar-refractivity contribution in [1.29, 1.82) is 0 Å². The molecule has 3 aromatic carbocycles. The quantitative estimate of drug-likeness (QED) is 0.118. The molecule has 4 atom stereocenters. The normalized spacial score (nSPS) is 13.4. The Kier molecular flexibility index (Phi) is 15.3. The molecule has 2 amide bonds. The minimum Gasteiger partial charge on any atom is -0.463 e. The highest BCUT2D eigenvalue weighted by Crippen LogP contribution is 2.18. The van der Waals surface area contributed by atoms with Gasteiger partial charge in [0.15, 0.2) is 0 Å². The summed E-state index contributed by atoms with van der Waals surface area (Å²) in [5, 5.41) is 15.8. The van der Waals surface area contributed by atoms with Crippen LogP contribution in [0.5, 0.6) is 0 Å². The fourth-order valence-electron chi connectivity index (χ4n) is 5.25. The lowest BCUT2D eigenvalue weighted by Crippen LogP contribution is -2.45. The molecule has 238 valence electrons. The van der Waals surface area contributed by atoms with Gasteiger partial charge in [-0.05, 0) is 55.2 Å². The van der Waals surface area contributed by atoms with E-state index >= 15 is 0 Å². The van der Waals surface area contributed by atoms with Crippen molar-refractivity contribution < 1.29 is 24.2 Å². The molecule has 45 heavy (non-hydrogen) atoms. The van der Waals surface area contributed by atoms with Crippen LogP contribution in [0.15, 0.2) is 116 Å². The molecule has 0 fully saturated rings. The summed E-state index contributed by atoms with van der Waals surface area (Å²) in [6, 6.07) is 28.1. The van der Waals surface area contributed by atoms with Gasteiger partial charge in [-0.1, -0.05) is 103 Å². The summed E-state index contributed by atoms with van der Waals surface area (Å²) in [6.07, 6.45) is 6.42. The van der Waals surface area contributed by atoms with E-state index in [2.05, 4.69) is 23.8 Å². The maximum Gasteiger partial charge on any atom is 0.309 e. The van der Waals surface area contributed by atoms with Crippen molar-refractivity contribution in [2.75, 3.05) is 13.2 Å². The zero-order chi connectivity index (χ0) is 32.3. The zero-order valence-electron chi connectivity index (χ0n) is 26.0. The number of allylic oxidation sites excluding steroid dienone is 2. The predicted octanol–water partition coefficient (Wildman–Crippen LogP) is 5.38. The van der Waals surface area contributed by atoms with Crippen LogP contribution in [0.3, 0.4) is 0 Å². The molecular weight excluding hydrogens is 564 g/mol. The van der Waals surface area contributed by atoms with Crippen molar-refractivity contribution in [1.82, 2.24) is 10.6 Å². The number of ether oxygens (including phenoxy) is 1. The van der Waals surface area contributed by atoms with E-state index in [0.717, 1.165) is 16.7 Å². The van der Waals surface area contributed by atoms with E-state index in [1.165, 1.54) is 0 Å². The molecule has 0 saturated heterocycles. The number of benzene rings is 3. The molecule has 0 bridgehead atoms. The SMILES string of the molecule is C=CCC[C@H](Cc1ccccc1)C(=O)OC[C@H](Cc1ccccc1)NC(=O)[C@H](CC=C)CC(=O)N[C@@H](CO)Cc1ccccc1. The number of hydrogen-bond acceptors (Lipinski definition) is 5. The standard InChI is InChI=1S/C38H46N2O5/c1-3-5-22-33(23-29-16-9-6-10-17-29)38(44)45-28-35(25-31-20-13-8-14-21-31)40-37(43)32(15-4-2)26-36(42)39-34(27-41)24-30-18-11-7-12-19-30/h3-4,6-14,16-21,32-35,41H,1-2,5,15,22-28H2,(H,39,42)(H,40,43)/t32-,33-,34-,35+/m1/s1. The fourth-order valence-corrected chi connectivity index (χ4v) is 5.25. The van der Waals surface area contributed by atoms with Crippen molar-refractivity contribution in [3.63, 3.8) is 0 Å². The van der Waals surface area contributed by atoms with Gasteiger partial charge in [0.1, 0.15) is 6.61 Å². The first-order chi connectivity index (χ1) is 21.9. The van der Waals surface area contributed by atoms with Crippen LogP contribution < -0.4 is 10.6 Å². The summed E-state index contributed by atoms with van der Waals surface area (Å²) in [4.78, 5) is 39.8. The lowest BCUT2D eigenvalue weighted by molar-refractivity contribution is -0.150. The second kappa shape index (κ2) is 19.7. The van der Waals surface area contributed by atoms with Gasteiger partial charge in [-0.2, -0.15) is 0 Å². The van der Waals surface area contributed by atoms with Crippen LogP contribution in [0.1, 0.15) is 42.4 Å². The lowest BCUT2D eigenvalue weighted by atomic mass is 9.95. The van der Waals surface area contributed by atoms with E-state index in [0.29, 0.717) is 38.5 Å². The van der Waals surface area contributed by atoms with E-state index in [9.17, 15) is 19.5 Å². The summed E-state index contributed by atoms with van der Waals surface area (Å²) in [5.41, 5.74) is 3.03. The van der Waals surface area contributed by atoms with Crippen LogP contribution in [0.4, 0.5) is 0 Å². The van der Waals surface area contributed by atoms with Crippen LogP contribution in [0.25, 0.3) is 0 Å². The highest BCUT2D eigenvalue weighted by atomic mass is 16.5. The summed E-state index contributed by atoms with van der Waals surface area (Å²) < 4.78 is 5.84. The van der Waals surface area contributed by atoms with Crippen LogP contribution >= 0.6 is 0 Å². The van der Waals surface area contributed by atoms with Crippen molar-refractivity contribution >= 4 is 17.8 Å². The number of rotatable bonds is 20. The second-order valence-electron chi connectivity index (χ2n) is 11.3. The highest BCUT2D eigenvalue weighted by molar-refractivity contribution is 5.86. The van der Waals surface area contributed by atoms with Crippen LogP contribution in [0.2, 0.25) is 0 Å². The van der Waals surface area contributed by atoms with Crippen molar-refractivity contribution in [2.24, 2.45) is 11.8 Å². The van der Waals surface area contributed by atoms with Gasteiger partial charge in [-0.15, -0.1) is 13.2 Å². The topological polar surface area (TPSA) is 105 Å². The molecule has 0 unspecified atom stereocenters. The van der Waals surface area contributed by atoms with Gasteiger partial charge in [-0.25, -0.2) is 0 Å². The van der Waals surface area contributed by atoms with Gasteiger partial charge in [0.05, 0.1) is 30.5 Å². The largest absolute Gasteiger partial charge is 0.463 e. The predicted molar refractivity (Wildman–Crippen MR) is 178 cm³/mol. The Balaban J connectivity index is 1.66. The Morgan fingerprint density at radius 2 is 1.24 bits per heavy atom. The number of aliphatic hydroxyl groups is 1. The maximum atomic E-state index is 13.5. The monoisotopic (exact) mass is 610 g/mol. The molecule has 0 heterocycles. The van der Waals surface area contributed by atoms with Crippen LogP contribution in [-0.2, 0) is 38.4 Å². The van der Waals surface area contributed by atoms with Crippen molar-refractivity contribution in [3.8, 4) is 0 Å². The fraction of sp³-hybridized carbons (Fsp3) is 0.342. The molecule has 0 saturated carbocycles. The summed E-state index contributed by atoms with van der Waals surface area (Å²) in [5.74, 6) is -1.98. The molecule has 0 spiro atoms. The average molecular weight is 611 g/mol. The average Bonchev–Trinajstić information content (AvgIpc) is 3.06. The van der Waals surface area contributed by atoms with Crippen molar-refractivity contribution in [3.05, 3.63) is 133 Å². The number of carbonyl (C=O) groups excluding carboxylic acids is 3. The summed E-state index contributed by atoms with van der Waals surface area (Å²) in [6.45, 7) is 7.35. The molecule has 0 radical (unpaired) electrons. The lowest BCUT2D eigenvalue weighted by Gasteiger charge is -2.24. The molecule has 7 nitrogen and oxygen atoms in total. The van der Waals surface area contributed by atoms with Gasteiger partial charge >= 0.3 is 5.97 Å². The van der Waals surface area contributed by atoms with Gasteiger partial charge in [-0.3, -0.25) is 14.4 Å². The van der Waals surface area contributed by atoms with E-state index in [-0.39, 0.29) is 43.3 Å². The summed E-state index contributed by atoms with van der Waals surface area (Å²) in [7, 11) is 0. The Morgan fingerprint density at radius 3 is 1.76 bits per heavy atom. The number of amides is 2. The smallest absolute Gasteiger partial charge is 0.309 e. The molecule has 0 aliphatic heterocycles. The van der Waals surface area contributed by atoms with Gasteiger partial charge in [0, 0.05) is 6.42 Å². The Morgan fingerprint density at radius 1 is 0.711 bits per heavy atom. The Bertz CT molecular complexity index is 1330. The molecule has 0 aliphatic carbocycles. The number of esters is 1. The number of carbonyl (C=O) groups is 3. The first kappa shape index (κ1) is 35.0. The van der Waals surface area contributed by atoms with E-state index in [4.69, 9.17) is 4.74 Å². The molecule has 3 N–H and O–H groups in total. The second-order valence-corrected chi connectivity index (χ2v) is 11.3. The third kappa shape index (κ3) is 13.0. The highest BCUT2D eigenvalue weighted by Gasteiger charge is 2.27. The summed E-state index contributed by atoms with van der Waals surface area (Å²) >= 11 is 0.